The average Bonchev–Trinajstić information content (AvgIpc) is 3.46. The normalized spacial score (nSPS) is 17.8. The molecule has 1 atom stereocenters. The first-order valence-corrected chi connectivity index (χ1v) is 11.3. The SMILES string of the molecule is C=CCOC(=O)C1=C(C)N(CC(=O)OCc2ccccc2)C(=O)[C@]12c1ccccc1-c1oc(N)nc12. The Morgan fingerprint density at radius 1 is 1.14 bits per heavy atom. The molecule has 1 spiro atoms. The van der Waals surface area contributed by atoms with Gasteiger partial charge < -0.3 is 24.5 Å². The van der Waals surface area contributed by atoms with Gasteiger partial charge in [0.2, 0.25) is 5.91 Å². The lowest BCUT2D eigenvalue weighted by atomic mass is 9.74. The van der Waals surface area contributed by atoms with Crippen molar-refractivity contribution >= 4 is 23.9 Å². The van der Waals surface area contributed by atoms with Crippen LogP contribution in [0.25, 0.3) is 11.3 Å². The number of carbonyl (C=O) groups excluding carboxylic acids is 3. The van der Waals surface area contributed by atoms with E-state index in [1.807, 2.05) is 30.3 Å². The number of benzene rings is 2. The highest BCUT2D eigenvalue weighted by atomic mass is 16.5. The summed E-state index contributed by atoms with van der Waals surface area (Å²) in [5.41, 5.74) is 6.59. The molecule has 0 unspecified atom stereocenters. The van der Waals surface area contributed by atoms with Gasteiger partial charge in [-0.3, -0.25) is 9.59 Å². The third-order valence-electron chi connectivity index (χ3n) is 6.35. The van der Waals surface area contributed by atoms with Crippen LogP contribution in [-0.2, 0) is 35.9 Å². The predicted octanol–water partition coefficient (Wildman–Crippen LogP) is 3.11. The van der Waals surface area contributed by atoms with Crippen LogP contribution >= 0.6 is 0 Å². The molecule has 2 N–H and O–H groups in total. The number of carbonyl (C=O) groups is 3. The Morgan fingerprint density at radius 3 is 2.61 bits per heavy atom. The fourth-order valence-electron chi connectivity index (χ4n) is 4.86. The molecular weight excluding hydrogens is 462 g/mol. The van der Waals surface area contributed by atoms with Gasteiger partial charge in [-0.25, -0.2) is 4.79 Å². The van der Waals surface area contributed by atoms with E-state index in [2.05, 4.69) is 11.6 Å². The summed E-state index contributed by atoms with van der Waals surface area (Å²) in [4.78, 5) is 45.9. The summed E-state index contributed by atoms with van der Waals surface area (Å²) < 4.78 is 16.4. The van der Waals surface area contributed by atoms with Crippen LogP contribution in [0.3, 0.4) is 0 Å². The summed E-state index contributed by atoms with van der Waals surface area (Å²) in [6.07, 6.45) is 1.43. The molecule has 2 heterocycles. The van der Waals surface area contributed by atoms with Gasteiger partial charge in [0.15, 0.2) is 11.2 Å². The van der Waals surface area contributed by atoms with E-state index in [9.17, 15) is 14.4 Å². The average molecular weight is 485 g/mol. The van der Waals surface area contributed by atoms with Gasteiger partial charge in [-0.05, 0) is 18.1 Å². The van der Waals surface area contributed by atoms with E-state index in [-0.39, 0.29) is 36.2 Å². The maximum absolute atomic E-state index is 14.2. The first kappa shape index (κ1) is 23.1. The fourth-order valence-corrected chi connectivity index (χ4v) is 4.86. The number of amides is 1. The minimum absolute atomic E-state index is 0.0460. The van der Waals surface area contributed by atoms with Crippen LogP contribution in [0.2, 0.25) is 0 Å². The standard InChI is InChI=1S/C27H23N3O6/c1-3-13-34-24(32)21-16(2)30(14-20(31)35-15-17-9-5-4-6-10-17)25(33)27(21)19-12-8-7-11-18(19)22-23(27)29-26(28)36-22/h3-12H,1,13-15H2,2H3,(H2,28,29)/t27-/m1/s1. The molecule has 2 aliphatic rings. The fraction of sp³-hybridized carbons (Fsp3) is 0.185. The van der Waals surface area contributed by atoms with Crippen LogP contribution in [0.5, 0.6) is 0 Å². The summed E-state index contributed by atoms with van der Waals surface area (Å²) in [6, 6.07) is 16.1. The number of hydrogen-bond donors (Lipinski definition) is 1. The second-order valence-corrected chi connectivity index (χ2v) is 8.41. The molecule has 0 radical (unpaired) electrons. The molecule has 1 aliphatic heterocycles. The monoisotopic (exact) mass is 485 g/mol. The Bertz CT molecular complexity index is 1420. The van der Waals surface area contributed by atoms with Gasteiger partial charge in [-0.2, -0.15) is 4.98 Å². The Hall–Kier alpha value is -4.66. The number of fused-ring (bicyclic) bond motifs is 5. The smallest absolute Gasteiger partial charge is 0.337 e. The number of ether oxygens (including phenoxy) is 2. The molecule has 9 nitrogen and oxygen atoms in total. The molecule has 182 valence electrons. The van der Waals surface area contributed by atoms with Crippen molar-refractivity contribution in [1.29, 1.82) is 0 Å². The van der Waals surface area contributed by atoms with Crippen LogP contribution in [0.1, 0.15) is 23.7 Å². The van der Waals surface area contributed by atoms with Crippen molar-refractivity contribution in [3.63, 3.8) is 0 Å². The van der Waals surface area contributed by atoms with E-state index < -0.39 is 29.8 Å². The molecule has 0 saturated carbocycles. The third kappa shape index (κ3) is 3.39. The van der Waals surface area contributed by atoms with Crippen molar-refractivity contribution in [1.82, 2.24) is 9.88 Å². The predicted molar refractivity (Wildman–Crippen MR) is 129 cm³/mol. The number of esters is 2. The first-order valence-electron chi connectivity index (χ1n) is 11.3. The van der Waals surface area contributed by atoms with E-state index in [0.29, 0.717) is 16.9 Å². The number of aromatic nitrogens is 1. The maximum Gasteiger partial charge on any atom is 0.337 e. The molecular formula is C27H23N3O6. The summed E-state index contributed by atoms with van der Waals surface area (Å²) >= 11 is 0. The highest BCUT2D eigenvalue weighted by Crippen LogP contribution is 2.57. The van der Waals surface area contributed by atoms with Gasteiger partial charge in [0.25, 0.3) is 6.01 Å². The molecule has 2 aromatic carbocycles. The maximum atomic E-state index is 14.2. The van der Waals surface area contributed by atoms with E-state index in [1.165, 1.54) is 11.0 Å². The lowest BCUT2D eigenvalue weighted by Gasteiger charge is -2.26. The summed E-state index contributed by atoms with van der Waals surface area (Å²) in [7, 11) is 0. The number of nitrogen functional groups attached to an aromatic ring is 1. The minimum atomic E-state index is -1.67. The number of nitrogens with zero attached hydrogens (tertiary/aromatic N) is 2. The zero-order chi connectivity index (χ0) is 25.4. The highest BCUT2D eigenvalue weighted by molar-refractivity contribution is 6.14. The zero-order valence-electron chi connectivity index (χ0n) is 19.5. The number of nitrogens with two attached hydrogens (primary N) is 1. The molecule has 0 saturated heterocycles. The molecule has 36 heavy (non-hydrogen) atoms. The highest BCUT2D eigenvalue weighted by Gasteiger charge is 2.63. The van der Waals surface area contributed by atoms with E-state index >= 15 is 0 Å². The lowest BCUT2D eigenvalue weighted by molar-refractivity contribution is -0.149. The second-order valence-electron chi connectivity index (χ2n) is 8.41. The number of allylic oxidation sites excluding steroid dienone is 1. The molecule has 0 fully saturated rings. The van der Waals surface area contributed by atoms with Crippen molar-refractivity contribution in [3.05, 3.63) is 95.3 Å². The van der Waals surface area contributed by atoms with Crippen LogP contribution in [0.4, 0.5) is 6.01 Å². The van der Waals surface area contributed by atoms with Crippen molar-refractivity contribution in [2.24, 2.45) is 0 Å². The van der Waals surface area contributed by atoms with Crippen molar-refractivity contribution in [2.45, 2.75) is 18.9 Å². The van der Waals surface area contributed by atoms with Crippen LogP contribution in [-0.4, -0.2) is 40.9 Å². The van der Waals surface area contributed by atoms with Crippen molar-refractivity contribution in [3.8, 4) is 11.3 Å². The Labute approximate surface area is 206 Å². The summed E-state index contributed by atoms with van der Waals surface area (Å²) in [6.45, 7) is 4.76. The van der Waals surface area contributed by atoms with E-state index in [4.69, 9.17) is 19.6 Å². The molecule has 0 bridgehead atoms. The number of anilines is 1. The summed E-state index contributed by atoms with van der Waals surface area (Å²) in [5, 5.41) is 0. The number of hydrogen-bond acceptors (Lipinski definition) is 8. The minimum Gasteiger partial charge on any atom is -0.459 e. The van der Waals surface area contributed by atoms with Gasteiger partial charge in [-0.1, -0.05) is 67.3 Å². The van der Waals surface area contributed by atoms with Gasteiger partial charge in [0.05, 0.1) is 5.57 Å². The lowest BCUT2D eigenvalue weighted by Crippen LogP contribution is -2.43. The first-order chi connectivity index (χ1) is 17.4. The van der Waals surface area contributed by atoms with Crippen LogP contribution in [0, 0.1) is 0 Å². The Balaban J connectivity index is 1.57. The molecule has 3 aromatic rings. The topological polar surface area (TPSA) is 125 Å². The van der Waals surface area contributed by atoms with E-state index in [0.717, 1.165) is 5.56 Å². The molecule has 9 heteroatoms. The largest absolute Gasteiger partial charge is 0.459 e. The zero-order valence-corrected chi connectivity index (χ0v) is 19.5. The molecule has 5 rings (SSSR count). The molecule has 1 aromatic heterocycles. The quantitative estimate of drug-likeness (QED) is 0.400. The van der Waals surface area contributed by atoms with Gasteiger partial charge >= 0.3 is 11.9 Å². The second kappa shape index (κ2) is 8.84. The Kier molecular flexibility index (Phi) is 5.68. The van der Waals surface area contributed by atoms with Crippen molar-refractivity contribution < 1.29 is 28.3 Å². The van der Waals surface area contributed by atoms with Gasteiger partial charge in [0, 0.05) is 11.3 Å². The number of rotatable bonds is 7. The Morgan fingerprint density at radius 2 is 1.86 bits per heavy atom. The van der Waals surface area contributed by atoms with Gasteiger partial charge in [0.1, 0.15) is 25.5 Å². The third-order valence-corrected chi connectivity index (χ3v) is 6.35. The number of oxazole rings is 1. The van der Waals surface area contributed by atoms with Gasteiger partial charge in [-0.15, -0.1) is 0 Å². The molecule has 1 aliphatic carbocycles. The van der Waals surface area contributed by atoms with Crippen LogP contribution in [0.15, 0.2) is 82.9 Å². The summed E-state index contributed by atoms with van der Waals surface area (Å²) in [5.74, 6) is -1.60. The molecule has 1 amide bonds. The van der Waals surface area contributed by atoms with E-state index in [1.54, 1.807) is 31.2 Å². The van der Waals surface area contributed by atoms with Crippen LogP contribution < -0.4 is 5.73 Å². The van der Waals surface area contributed by atoms with Crippen molar-refractivity contribution in [2.75, 3.05) is 18.9 Å².